The normalized spacial score (nSPS) is 9.86. The highest BCUT2D eigenvalue weighted by Gasteiger charge is 2.07. The minimum atomic E-state index is -0.937. The van der Waals surface area contributed by atoms with E-state index in [0.717, 1.165) is 0 Å². The van der Waals surface area contributed by atoms with Crippen LogP contribution in [0, 0.1) is 0 Å². The topological polar surface area (TPSA) is 92.3 Å². The van der Waals surface area contributed by atoms with Gasteiger partial charge in [-0.2, -0.15) is 4.98 Å². The van der Waals surface area contributed by atoms with E-state index in [1.807, 2.05) is 0 Å². The molecule has 0 saturated heterocycles. The van der Waals surface area contributed by atoms with Gasteiger partial charge in [0, 0.05) is 20.2 Å². The van der Waals surface area contributed by atoms with E-state index in [1.54, 1.807) is 25.1 Å². The summed E-state index contributed by atoms with van der Waals surface area (Å²) in [6.45, 7) is 0. The highest BCUT2D eigenvalue weighted by Crippen LogP contribution is 2.11. The van der Waals surface area contributed by atoms with Crippen molar-refractivity contribution in [2.45, 2.75) is 6.42 Å². The SMILES string of the molecule is CN(C)c1cc(CC(=O)O)nc(N)n1. The number of nitrogens with two attached hydrogens (primary N) is 1. The molecule has 0 spiro atoms. The zero-order chi connectivity index (χ0) is 10.7. The Morgan fingerprint density at radius 3 is 2.71 bits per heavy atom. The quantitative estimate of drug-likeness (QED) is 0.692. The van der Waals surface area contributed by atoms with Crippen LogP contribution in [0.5, 0.6) is 0 Å². The van der Waals surface area contributed by atoms with Gasteiger partial charge in [-0.25, -0.2) is 4.98 Å². The van der Waals surface area contributed by atoms with Crippen LogP contribution in [0.25, 0.3) is 0 Å². The van der Waals surface area contributed by atoms with E-state index in [2.05, 4.69) is 9.97 Å². The molecule has 76 valence electrons. The van der Waals surface area contributed by atoms with Crippen LogP contribution in [-0.4, -0.2) is 35.1 Å². The third kappa shape index (κ3) is 2.58. The first kappa shape index (κ1) is 10.2. The molecule has 0 aliphatic carbocycles. The number of carboxylic acids is 1. The second-order valence-corrected chi connectivity index (χ2v) is 3.04. The molecule has 14 heavy (non-hydrogen) atoms. The Morgan fingerprint density at radius 2 is 2.21 bits per heavy atom. The van der Waals surface area contributed by atoms with Crippen LogP contribution < -0.4 is 10.6 Å². The van der Waals surface area contributed by atoms with Crippen molar-refractivity contribution < 1.29 is 9.90 Å². The fraction of sp³-hybridized carbons (Fsp3) is 0.375. The molecule has 0 aliphatic rings. The van der Waals surface area contributed by atoms with E-state index in [1.165, 1.54) is 0 Å². The van der Waals surface area contributed by atoms with E-state index in [9.17, 15) is 4.79 Å². The number of aromatic nitrogens is 2. The molecule has 3 N–H and O–H groups in total. The van der Waals surface area contributed by atoms with Crippen molar-refractivity contribution in [3.63, 3.8) is 0 Å². The summed E-state index contributed by atoms with van der Waals surface area (Å²) in [5.74, 6) is -0.242. The van der Waals surface area contributed by atoms with Crippen LogP contribution in [0.1, 0.15) is 5.69 Å². The monoisotopic (exact) mass is 196 g/mol. The maximum absolute atomic E-state index is 10.4. The lowest BCUT2D eigenvalue weighted by Crippen LogP contribution is -2.14. The number of hydrogen-bond acceptors (Lipinski definition) is 5. The van der Waals surface area contributed by atoms with Gasteiger partial charge in [0.05, 0.1) is 12.1 Å². The standard InChI is InChI=1S/C8H12N4O2/c1-12(2)6-3-5(4-7(13)14)10-8(9)11-6/h3H,4H2,1-2H3,(H,13,14)(H2,9,10,11). The molecular formula is C8H12N4O2. The zero-order valence-electron chi connectivity index (χ0n) is 8.06. The third-order valence-electron chi connectivity index (χ3n) is 1.57. The maximum atomic E-state index is 10.4. The van der Waals surface area contributed by atoms with Gasteiger partial charge in [-0.3, -0.25) is 4.79 Å². The molecule has 0 amide bonds. The average molecular weight is 196 g/mol. The molecule has 0 aliphatic heterocycles. The second kappa shape index (κ2) is 3.91. The first-order valence-corrected chi connectivity index (χ1v) is 4.01. The molecule has 0 atom stereocenters. The minimum absolute atomic E-state index is 0.0902. The summed E-state index contributed by atoms with van der Waals surface area (Å²) in [6, 6.07) is 1.60. The molecule has 0 bridgehead atoms. The first-order valence-electron chi connectivity index (χ1n) is 4.01. The Balaban J connectivity index is 3.01. The predicted octanol–water partition coefficient (Wildman–Crippen LogP) is -0.248. The van der Waals surface area contributed by atoms with Gasteiger partial charge in [0.25, 0.3) is 0 Å². The molecule has 1 rings (SSSR count). The number of hydrogen-bond donors (Lipinski definition) is 2. The minimum Gasteiger partial charge on any atom is -0.481 e. The van der Waals surface area contributed by atoms with Gasteiger partial charge in [0.2, 0.25) is 5.95 Å². The van der Waals surface area contributed by atoms with Crippen LogP contribution in [0.3, 0.4) is 0 Å². The van der Waals surface area contributed by atoms with Crippen molar-refractivity contribution in [3.05, 3.63) is 11.8 Å². The number of carboxylic acid groups (broad SMARTS) is 1. The van der Waals surface area contributed by atoms with Crippen molar-refractivity contribution in [2.75, 3.05) is 24.7 Å². The third-order valence-corrected chi connectivity index (χ3v) is 1.57. The van der Waals surface area contributed by atoms with Gasteiger partial charge in [0.1, 0.15) is 5.82 Å². The molecule has 1 heterocycles. The van der Waals surface area contributed by atoms with Crippen molar-refractivity contribution in [1.82, 2.24) is 9.97 Å². The van der Waals surface area contributed by atoms with Gasteiger partial charge in [-0.1, -0.05) is 0 Å². The van der Waals surface area contributed by atoms with Gasteiger partial charge < -0.3 is 15.7 Å². The molecule has 0 saturated carbocycles. The van der Waals surface area contributed by atoms with Crippen molar-refractivity contribution >= 4 is 17.7 Å². The van der Waals surface area contributed by atoms with E-state index < -0.39 is 5.97 Å². The van der Waals surface area contributed by atoms with Gasteiger partial charge in [-0.15, -0.1) is 0 Å². The summed E-state index contributed by atoms with van der Waals surface area (Å²) in [6.07, 6.45) is -0.145. The van der Waals surface area contributed by atoms with Gasteiger partial charge in [0.15, 0.2) is 0 Å². The average Bonchev–Trinajstić information content (AvgIpc) is 2.01. The molecule has 0 radical (unpaired) electrons. The number of carbonyl (C=O) groups is 1. The lowest BCUT2D eigenvalue weighted by Gasteiger charge is -2.12. The fourth-order valence-electron chi connectivity index (χ4n) is 0.978. The van der Waals surface area contributed by atoms with Crippen LogP contribution >= 0.6 is 0 Å². The summed E-state index contributed by atoms with van der Waals surface area (Å²) in [5.41, 5.74) is 5.84. The van der Waals surface area contributed by atoms with Crippen LogP contribution in [0.15, 0.2) is 6.07 Å². The second-order valence-electron chi connectivity index (χ2n) is 3.04. The van der Waals surface area contributed by atoms with Crippen LogP contribution in [-0.2, 0) is 11.2 Å². The molecule has 1 aromatic heterocycles. The predicted molar refractivity (Wildman–Crippen MR) is 52.1 cm³/mol. The molecule has 6 heteroatoms. The summed E-state index contributed by atoms with van der Waals surface area (Å²) < 4.78 is 0. The number of nitrogens with zero attached hydrogens (tertiary/aromatic N) is 3. The van der Waals surface area contributed by atoms with E-state index in [4.69, 9.17) is 10.8 Å². The maximum Gasteiger partial charge on any atom is 0.309 e. The molecule has 0 fully saturated rings. The number of anilines is 2. The van der Waals surface area contributed by atoms with Crippen LogP contribution in [0.4, 0.5) is 11.8 Å². The van der Waals surface area contributed by atoms with E-state index in [0.29, 0.717) is 11.5 Å². The molecule has 6 nitrogen and oxygen atoms in total. The zero-order valence-corrected chi connectivity index (χ0v) is 8.06. The Kier molecular flexibility index (Phi) is 2.85. The summed E-state index contributed by atoms with van der Waals surface area (Å²) in [7, 11) is 3.60. The summed E-state index contributed by atoms with van der Waals surface area (Å²) in [5, 5.41) is 8.57. The highest BCUT2D eigenvalue weighted by atomic mass is 16.4. The van der Waals surface area contributed by atoms with Crippen molar-refractivity contribution in [1.29, 1.82) is 0 Å². The Labute approximate surface area is 81.4 Å². The van der Waals surface area contributed by atoms with Gasteiger partial charge in [-0.05, 0) is 0 Å². The van der Waals surface area contributed by atoms with Crippen molar-refractivity contribution in [3.8, 4) is 0 Å². The molecule has 0 aromatic carbocycles. The van der Waals surface area contributed by atoms with Crippen LogP contribution in [0.2, 0.25) is 0 Å². The molecule has 1 aromatic rings. The Morgan fingerprint density at radius 1 is 1.57 bits per heavy atom. The summed E-state index contributed by atoms with van der Waals surface area (Å²) >= 11 is 0. The highest BCUT2D eigenvalue weighted by molar-refractivity contribution is 5.70. The number of aliphatic carboxylic acids is 1. The lowest BCUT2D eigenvalue weighted by atomic mass is 10.3. The lowest BCUT2D eigenvalue weighted by molar-refractivity contribution is -0.136. The van der Waals surface area contributed by atoms with E-state index >= 15 is 0 Å². The summed E-state index contributed by atoms with van der Waals surface area (Å²) in [4.78, 5) is 19.9. The number of rotatable bonds is 3. The number of nitrogen functional groups attached to an aromatic ring is 1. The first-order chi connectivity index (χ1) is 6.49. The molecular weight excluding hydrogens is 184 g/mol. The fourth-order valence-corrected chi connectivity index (χ4v) is 0.978. The van der Waals surface area contributed by atoms with Gasteiger partial charge >= 0.3 is 5.97 Å². The van der Waals surface area contributed by atoms with E-state index in [-0.39, 0.29) is 12.4 Å². The Bertz CT molecular complexity index is 351. The largest absolute Gasteiger partial charge is 0.481 e. The van der Waals surface area contributed by atoms with Crippen molar-refractivity contribution in [2.24, 2.45) is 0 Å². The smallest absolute Gasteiger partial charge is 0.309 e. The Hall–Kier alpha value is -1.85. The molecule has 0 unspecified atom stereocenters.